The lowest BCUT2D eigenvalue weighted by molar-refractivity contribution is 0.180. The minimum atomic E-state index is -1.14. The van der Waals surface area contributed by atoms with E-state index in [1.165, 1.54) is 0 Å². The topological polar surface area (TPSA) is 20.2 Å². The van der Waals surface area contributed by atoms with Crippen molar-refractivity contribution in [3.8, 4) is 0 Å². The van der Waals surface area contributed by atoms with Gasteiger partial charge in [0.25, 0.3) is 0 Å². The van der Waals surface area contributed by atoms with Gasteiger partial charge in [0.05, 0.1) is 6.61 Å². The van der Waals surface area contributed by atoms with E-state index in [1.54, 1.807) is 6.08 Å². The van der Waals surface area contributed by atoms with Gasteiger partial charge < -0.3 is 5.11 Å². The Bertz CT molecular complexity index is 256. The van der Waals surface area contributed by atoms with Gasteiger partial charge in [0, 0.05) is 0 Å². The largest absolute Gasteiger partial charge is 0.393 e. The van der Waals surface area contributed by atoms with Gasteiger partial charge in [-0.05, 0) is 12.0 Å². The maximum absolute atomic E-state index is 12.5. The Morgan fingerprint density at radius 1 is 1.31 bits per heavy atom. The van der Waals surface area contributed by atoms with E-state index >= 15 is 0 Å². The molecule has 0 spiro atoms. The molecule has 0 radical (unpaired) electrons. The maximum Gasteiger partial charge on any atom is 0.126 e. The minimum absolute atomic E-state index is 0.269. The number of aliphatic hydroxyl groups excluding tert-OH is 1. The van der Waals surface area contributed by atoms with E-state index in [1.807, 2.05) is 36.4 Å². The summed E-state index contributed by atoms with van der Waals surface area (Å²) >= 11 is 0. The summed E-state index contributed by atoms with van der Waals surface area (Å²) in [6.07, 6.45) is 2.71. The zero-order valence-electron chi connectivity index (χ0n) is 7.36. The van der Waals surface area contributed by atoms with Gasteiger partial charge in [-0.2, -0.15) is 0 Å². The van der Waals surface area contributed by atoms with Gasteiger partial charge in [-0.25, -0.2) is 4.39 Å². The summed E-state index contributed by atoms with van der Waals surface area (Å²) in [5.74, 6) is 0. The first-order valence-electron chi connectivity index (χ1n) is 4.29. The molecular formula is C11H13FO. The molecule has 0 aliphatic rings. The summed E-state index contributed by atoms with van der Waals surface area (Å²) in [5, 5.41) is 8.42. The number of hydrogen-bond acceptors (Lipinski definition) is 1. The first-order chi connectivity index (χ1) is 6.33. The van der Waals surface area contributed by atoms with Gasteiger partial charge in [-0.1, -0.05) is 42.5 Å². The summed E-state index contributed by atoms with van der Waals surface area (Å²) < 4.78 is 12.5. The van der Waals surface area contributed by atoms with Gasteiger partial charge in [0.1, 0.15) is 6.17 Å². The number of alkyl halides is 1. The first-order valence-corrected chi connectivity index (χ1v) is 4.29. The van der Waals surface area contributed by atoms with Gasteiger partial charge in [0.2, 0.25) is 0 Å². The average Bonchev–Trinajstić information content (AvgIpc) is 2.19. The van der Waals surface area contributed by atoms with E-state index in [0.29, 0.717) is 0 Å². The standard InChI is InChI=1S/C11H13FO/c12-11(9-13)8-4-7-10-5-2-1-3-6-10/h1-7,11,13H,8-9H2/b7-4+. The molecule has 0 bridgehead atoms. The Labute approximate surface area is 77.5 Å². The van der Waals surface area contributed by atoms with Crippen LogP contribution in [0.4, 0.5) is 4.39 Å². The molecule has 1 unspecified atom stereocenters. The van der Waals surface area contributed by atoms with Gasteiger partial charge in [-0.3, -0.25) is 0 Å². The second kappa shape index (κ2) is 5.49. The van der Waals surface area contributed by atoms with Crippen LogP contribution in [-0.2, 0) is 0 Å². The molecular weight excluding hydrogens is 167 g/mol. The number of hydrogen-bond donors (Lipinski definition) is 1. The number of aliphatic hydroxyl groups is 1. The zero-order valence-corrected chi connectivity index (χ0v) is 7.36. The molecule has 0 saturated carbocycles. The predicted octanol–water partition coefficient (Wildman–Crippen LogP) is 2.42. The predicted molar refractivity (Wildman–Crippen MR) is 52.1 cm³/mol. The van der Waals surface area contributed by atoms with Crippen LogP contribution in [-0.4, -0.2) is 17.9 Å². The third kappa shape index (κ3) is 3.85. The molecule has 0 fully saturated rings. The highest BCUT2D eigenvalue weighted by Gasteiger charge is 1.99. The van der Waals surface area contributed by atoms with E-state index in [2.05, 4.69) is 0 Å². The Morgan fingerprint density at radius 3 is 2.62 bits per heavy atom. The van der Waals surface area contributed by atoms with Crippen LogP contribution in [0.25, 0.3) is 6.08 Å². The molecule has 0 aliphatic heterocycles. The van der Waals surface area contributed by atoms with Crippen LogP contribution in [0.15, 0.2) is 36.4 Å². The molecule has 1 aromatic rings. The molecule has 0 aliphatic carbocycles. The SMILES string of the molecule is OCC(F)C/C=C/c1ccccc1. The quantitative estimate of drug-likeness (QED) is 0.754. The van der Waals surface area contributed by atoms with Crippen molar-refractivity contribution < 1.29 is 9.50 Å². The van der Waals surface area contributed by atoms with Crippen LogP contribution in [0.3, 0.4) is 0 Å². The van der Waals surface area contributed by atoms with Crippen molar-refractivity contribution in [2.75, 3.05) is 6.61 Å². The zero-order chi connectivity index (χ0) is 9.52. The van der Waals surface area contributed by atoms with E-state index < -0.39 is 12.8 Å². The van der Waals surface area contributed by atoms with Gasteiger partial charge in [-0.15, -0.1) is 0 Å². The fourth-order valence-corrected chi connectivity index (χ4v) is 0.990. The second-order valence-electron chi connectivity index (χ2n) is 2.83. The Morgan fingerprint density at radius 2 is 2.00 bits per heavy atom. The minimum Gasteiger partial charge on any atom is -0.393 e. The molecule has 0 aromatic heterocycles. The third-order valence-electron chi connectivity index (χ3n) is 1.70. The highest BCUT2D eigenvalue weighted by molar-refractivity contribution is 5.48. The molecule has 13 heavy (non-hydrogen) atoms. The molecule has 1 N–H and O–H groups in total. The molecule has 0 saturated heterocycles. The summed E-state index contributed by atoms with van der Waals surface area (Å²) in [7, 11) is 0. The smallest absolute Gasteiger partial charge is 0.126 e. The highest BCUT2D eigenvalue weighted by atomic mass is 19.1. The van der Waals surface area contributed by atoms with Gasteiger partial charge >= 0.3 is 0 Å². The highest BCUT2D eigenvalue weighted by Crippen LogP contribution is 2.04. The molecule has 2 heteroatoms. The summed E-state index contributed by atoms with van der Waals surface area (Å²) in [4.78, 5) is 0. The third-order valence-corrected chi connectivity index (χ3v) is 1.70. The van der Waals surface area contributed by atoms with Crippen molar-refractivity contribution in [1.29, 1.82) is 0 Å². The summed E-state index contributed by atoms with van der Waals surface area (Å²) in [6.45, 7) is -0.404. The molecule has 1 rings (SSSR count). The fourth-order valence-electron chi connectivity index (χ4n) is 0.990. The lowest BCUT2D eigenvalue weighted by Crippen LogP contribution is -2.03. The lowest BCUT2D eigenvalue weighted by atomic mass is 10.2. The van der Waals surface area contributed by atoms with E-state index in [9.17, 15) is 4.39 Å². The van der Waals surface area contributed by atoms with Crippen molar-refractivity contribution >= 4 is 6.08 Å². The molecule has 1 aromatic carbocycles. The van der Waals surface area contributed by atoms with Crippen LogP contribution in [0.5, 0.6) is 0 Å². The van der Waals surface area contributed by atoms with E-state index in [4.69, 9.17) is 5.11 Å². The molecule has 0 heterocycles. The van der Waals surface area contributed by atoms with Crippen LogP contribution in [0.2, 0.25) is 0 Å². The second-order valence-corrected chi connectivity index (χ2v) is 2.83. The Kier molecular flexibility index (Phi) is 4.19. The number of allylic oxidation sites excluding steroid dienone is 1. The van der Waals surface area contributed by atoms with Crippen molar-refractivity contribution in [2.45, 2.75) is 12.6 Å². The van der Waals surface area contributed by atoms with Crippen molar-refractivity contribution in [3.63, 3.8) is 0 Å². The summed E-state index contributed by atoms with van der Waals surface area (Å²) in [6, 6.07) is 9.69. The number of rotatable bonds is 4. The average molecular weight is 180 g/mol. The van der Waals surface area contributed by atoms with Crippen molar-refractivity contribution in [1.82, 2.24) is 0 Å². The Balaban J connectivity index is 2.41. The van der Waals surface area contributed by atoms with Crippen LogP contribution >= 0.6 is 0 Å². The van der Waals surface area contributed by atoms with Crippen LogP contribution in [0.1, 0.15) is 12.0 Å². The molecule has 70 valence electrons. The van der Waals surface area contributed by atoms with Gasteiger partial charge in [0.15, 0.2) is 0 Å². The summed E-state index contributed by atoms with van der Waals surface area (Å²) in [5.41, 5.74) is 1.05. The van der Waals surface area contributed by atoms with E-state index in [-0.39, 0.29) is 6.42 Å². The van der Waals surface area contributed by atoms with Crippen LogP contribution < -0.4 is 0 Å². The number of benzene rings is 1. The normalized spacial score (nSPS) is 13.4. The molecule has 0 amide bonds. The Hall–Kier alpha value is -1.15. The monoisotopic (exact) mass is 180 g/mol. The number of halogens is 1. The van der Waals surface area contributed by atoms with Crippen molar-refractivity contribution in [2.24, 2.45) is 0 Å². The van der Waals surface area contributed by atoms with Crippen molar-refractivity contribution in [3.05, 3.63) is 42.0 Å². The van der Waals surface area contributed by atoms with E-state index in [0.717, 1.165) is 5.56 Å². The first kappa shape index (κ1) is 9.93. The molecule has 1 atom stereocenters. The van der Waals surface area contributed by atoms with Crippen LogP contribution in [0, 0.1) is 0 Å². The maximum atomic E-state index is 12.5. The fraction of sp³-hybridized carbons (Fsp3) is 0.273. The molecule has 1 nitrogen and oxygen atoms in total. The lowest BCUT2D eigenvalue weighted by Gasteiger charge is -1.97.